The second kappa shape index (κ2) is 9.79. The lowest BCUT2D eigenvalue weighted by molar-refractivity contribution is -0.121. The molecule has 0 radical (unpaired) electrons. The minimum atomic E-state index is -3.54. The van der Waals surface area contributed by atoms with Gasteiger partial charge in [0.2, 0.25) is 15.9 Å². The summed E-state index contributed by atoms with van der Waals surface area (Å²) < 4.78 is 34.2. The number of amides is 2. The quantitative estimate of drug-likeness (QED) is 0.713. The SMILES string of the molecule is Cc1ccc2cc1OCCNC(=O)C[C@@H]1CC[C@H](CNC2=O)N1S(=O)(=O)CC1CCCC1. The van der Waals surface area contributed by atoms with Crippen LogP contribution in [-0.4, -0.2) is 62.1 Å². The topological polar surface area (TPSA) is 105 Å². The average molecular weight is 464 g/mol. The molecule has 1 aromatic rings. The van der Waals surface area contributed by atoms with Crippen LogP contribution in [0.1, 0.15) is 60.9 Å². The Hall–Kier alpha value is -2.13. The highest BCUT2D eigenvalue weighted by Crippen LogP contribution is 2.33. The number of rotatable bonds is 3. The van der Waals surface area contributed by atoms with Gasteiger partial charge in [-0.1, -0.05) is 18.9 Å². The number of benzene rings is 1. The molecule has 9 heteroatoms. The average Bonchev–Trinajstić information content (AvgIpc) is 3.39. The van der Waals surface area contributed by atoms with Crippen LogP contribution in [0.3, 0.4) is 0 Å². The lowest BCUT2D eigenvalue weighted by Crippen LogP contribution is -2.49. The van der Waals surface area contributed by atoms with Gasteiger partial charge in [0.05, 0.1) is 12.3 Å². The highest BCUT2D eigenvalue weighted by atomic mass is 32.2. The van der Waals surface area contributed by atoms with E-state index in [0.717, 1.165) is 31.2 Å². The molecule has 32 heavy (non-hydrogen) atoms. The van der Waals surface area contributed by atoms with Crippen molar-refractivity contribution in [3.8, 4) is 5.75 Å². The number of nitrogens with zero attached hydrogens (tertiary/aromatic N) is 1. The van der Waals surface area contributed by atoms with Crippen molar-refractivity contribution in [1.82, 2.24) is 14.9 Å². The van der Waals surface area contributed by atoms with E-state index in [9.17, 15) is 18.0 Å². The van der Waals surface area contributed by atoms with Gasteiger partial charge in [0.15, 0.2) is 0 Å². The summed E-state index contributed by atoms with van der Waals surface area (Å²) in [7, 11) is -3.54. The Balaban J connectivity index is 1.57. The molecule has 1 saturated carbocycles. The summed E-state index contributed by atoms with van der Waals surface area (Å²) in [6.45, 7) is 2.72. The van der Waals surface area contributed by atoms with Crippen LogP contribution in [0.5, 0.6) is 5.75 Å². The van der Waals surface area contributed by atoms with Crippen LogP contribution in [0, 0.1) is 12.8 Å². The van der Waals surface area contributed by atoms with Gasteiger partial charge in [0, 0.05) is 30.6 Å². The van der Waals surface area contributed by atoms with Gasteiger partial charge in [-0.15, -0.1) is 0 Å². The standard InChI is InChI=1S/C23H33N3O5S/c1-16-6-7-18-12-21(16)31-11-10-24-22(27)13-19-8-9-20(14-25-23(18)28)26(19)32(29,30)15-17-4-2-3-5-17/h6-7,12,17,19-20H,2-5,8-11,13-15H2,1H3,(H,24,27)(H,25,28)/t19-,20+/m0/s1. The van der Waals surface area contributed by atoms with Crippen LogP contribution < -0.4 is 15.4 Å². The van der Waals surface area contributed by atoms with E-state index in [1.54, 1.807) is 16.4 Å². The Kier molecular flexibility index (Phi) is 7.05. The molecule has 176 valence electrons. The number of carbonyl (C=O) groups is 2. The third kappa shape index (κ3) is 5.26. The first-order valence-electron chi connectivity index (χ1n) is 11.6. The minimum Gasteiger partial charge on any atom is -0.491 e. The highest BCUT2D eigenvalue weighted by Gasteiger charge is 2.43. The van der Waals surface area contributed by atoms with Gasteiger partial charge in [-0.05, 0) is 56.2 Å². The van der Waals surface area contributed by atoms with Crippen molar-refractivity contribution >= 4 is 21.8 Å². The van der Waals surface area contributed by atoms with Gasteiger partial charge in [-0.2, -0.15) is 4.31 Å². The molecule has 1 aromatic carbocycles. The first-order valence-corrected chi connectivity index (χ1v) is 13.2. The number of sulfonamides is 1. The predicted molar refractivity (Wildman–Crippen MR) is 121 cm³/mol. The van der Waals surface area contributed by atoms with Crippen molar-refractivity contribution in [3.63, 3.8) is 0 Å². The lowest BCUT2D eigenvalue weighted by atomic mass is 10.1. The number of nitrogens with one attached hydrogen (secondary N) is 2. The van der Waals surface area contributed by atoms with Crippen molar-refractivity contribution in [2.75, 3.05) is 25.4 Å². The van der Waals surface area contributed by atoms with E-state index in [2.05, 4.69) is 10.6 Å². The maximum absolute atomic E-state index is 13.4. The summed E-state index contributed by atoms with van der Waals surface area (Å²) in [4.78, 5) is 25.4. The lowest BCUT2D eigenvalue weighted by Gasteiger charge is -2.30. The van der Waals surface area contributed by atoms with Crippen molar-refractivity contribution < 1.29 is 22.7 Å². The fraction of sp³-hybridized carbons (Fsp3) is 0.652. The molecule has 0 spiro atoms. The maximum Gasteiger partial charge on any atom is 0.251 e. The van der Waals surface area contributed by atoms with Crippen LogP contribution in [0.25, 0.3) is 0 Å². The molecule has 2 atom stereocenters. The van der Waals surface area contributed by atoms with Gasteiger partial charge in [0.1, 0.15) is 12.4 Å². The smallest absolute Gasteiger partial charge is 0.251 e. The highest BCUT2D eigenvalue weighted by molar-refractivity contribution is 7.89. The second-order valence-electron chi connectivity index (χ2n) is 9.24. The number of ether oxygens (including phenoxy) is 1. The predicted octanol–water partition coefficient (Wildman–Crippen LogP) is 1.98. The Bertz CT molecular complexity index is 958. The first kappa shape index (κ1) is 23.0. The molecule has 2 aliphatic heterocycles. The molecular formula is C23H33N3O5S. The third-order valence-electron chi connectivity index (χ3n) is 6.85. The van der Waals surface area contributed by atoms with E-state index in [0.29, 0.717) is 30.7 Å². The molecule has 2 heterocycles. The van der Waals surface area contributed by atoms with Crippen LogP contribution in [0.2, 0.25) is 0 Å². The Morgan fingerprint density at radius 2 is 1.81 bits per heavy atom. The zero-order chi connectivity index (χ0) is 22.7. The molecule has 0 unspecified atom stereocenters. The second-order valence-corrected chi connectivity index (χ2v) is 11.2. The van der Waals surface area contributed by atoms with Gasteiger partial charge < -0.3 is 15.4 Å². The molecule has 1 aliphatic carbocycles. The van der Waals surface area contributed by atoms with E-state index in [-0.39, 0.29) is 55.1 Å². The molecule has 0 aromatic heterocycles. The monoisotopic (exact) mass is 463 g/mol. The first-order chi connectivity index (χ1) is 15.3. The molecule has 2 N–H and O–H groups in total. The van der Waals surface area contributed by atoms with E-state index < -0.39 is 10.0 Å². The zero-order valence-corrected chi connectivity index (χ0v) is 19.5. The molecule has 2 fully saturated rings. The summed E-state index contributed by atoms with van der Waals surface area (Å²) in [5, 5.41) is 5.76. The van der Waals surface area contributed by atoms with Crippen LogP contribution in [0.15, 0.2) is 18.2 Å². The van der Waals surface area contributed by atoms with Crippen molar-refractivity contribution in [1.29, 1.82) is 0 Å². The Morgan fingerprint density at radius 1 is 1.06 bits per heavy atom. The largest absolute Gasteiger partial charge is 0.491 e. The van der Waals surface area contributed by atoms with Crippen molar-refractivity contribution in [3.05, 3.63) is 29.3 Å². The maximum atomic E-state index is 13.4. The molecule has 2 amide bonds. The Morgan fingerprint density at radius 3 is 2.59 bits per heavy atom. The van der Waals surface area contributed by atoms with Gasteiger partial charge in [0.25, 0.3) is 5.91 Å². The number of carbonyl (C=O) groups excluding carboxylic acids is 2. The molecule has 1 saturated heterocycles. The fourth-order valence-corrected chi connectivity index (χ4v) is 7.55. The number of aryl methyl sites for hydroxylation is 1. The van der Waals surface area contributed by atoms with E-state index in [4.69, 9.17) is 4.74 Å². The molecule has 8 nitrogen and oxygen atoms in total. The molecule has 4 bridgehead atoms. The van der Waals surface area contributed by atoms with E-state index in [1.165, 1.54) is 0 Å². The summed E-state index contributed by atoms with van der Waals surface area (Å²) in [6.07, 6.45) is 5.40. The number of fused-ring (bicyclic) bond motifs is 4. The number of hydrogen-bond donors (Lipinski definition) is 2. The van der Waals surface area contributed by atoms with Crippen LogP contribution in [0.4, 0.5) is 0 Å². The molecule has 4 rings (SSSR count). The van der Waals surface area contributed by atoms with Gasteiger partial charge in [-0.3, -0.25) is 9.59 Å². The Labute approximate surface area is 190 Å². The van der Waals surface area contributed by atoms with Gasteiger partial charge >= 0.3 is 0 Å². The summed E-state index contributed by atoms with van der Waals surface area (Å²) in [5.41, 5.74) is 1.37. The fourth-order valence-electron chi connectivity index (χ4n) is 5.18. The van der Waals surface area contributed by atoms with Gasteiger partial charge in [-0.25, -0.2) is 8.42 Å². The zero-order valence-electron chi connectivity index (χ0n) is 18.6. The van der Waals surface area contributed by atoms with Crippen LogP contribution in [-0.2, 0) is 14.8 Å². The van der Waals surface area contributed by atoms with Crippen LogP contribution >= 0.6 is 0 Å². The summed E-state index contributed by atoms with van der Waals surface area (Å²) >= 11 is 0. The van der Waals surface area contributed by atoms with Crippen molar-refractivity contribution in [2.24, 2.45) is 5.92 Å². The molecular weight excluding hydrogens is 430 g/mol. The minimum absolute atomic E-state index is 0.126. The summed E-state index contributed by atoms with van der Waals surface area (Å²) in [5.74, 6) is 0.483. The van der Waals surface area contributed by atoms with E-state index >= 15 is 0 Å². The molecule has 3 aliphatic rings. The summed E-state index contributed by atoms with van der Waals surface area (Å²) in [6, 6.07) is 4.54. The number of hydrogen-bond acceptors (Lipinski definition) is 5. The third-order valence-corrected chi connectivity index (χ3v) is 8.98. The van der Waals surface area contributed by atoms with E-state index in [1.807, 2.05) is 13.0 Å². The normalized spacial score (nSPS) is 26.0. The van der Waals surface area contributed by atoms with Crippen molar-refractivity contribution in [2.45, 2.75) is 64.0 Å².